The zero-order chi connectivity index (χ0) is 25.4. The van der Waals surface area contributed by atoms with Gasteiger partial charge in [0.1, 0.15) is 0 Å². The van der Waals surface area contributed by atoms with Crippen molar-refractivity contribution >= 4 is 0 Å². The van der Waals surface area contributed by atoms with Crippen molar-refractivity contribution in [2.24, 2.45) is 23.7 Å². The maximum Gasteiger partial charge on any atom is -0.00297 e. The Hall–Kier alpha value is -0.960. The fourth-order valence-electron chi connectivity index (χ4n) is 3.87. The lowest BCUT2D eigenvalue weighted by Crippen LogP contribution is -2.06. The first-order chi connectivity index (χ1) is 15.1. The Morgan fingerprint density at radius 2 is 1.38 bits per heavy atom. The molecule has 0 aliphatic carbocycles. The zero-order valence-corrected chi connectivity index (χ0v) is 24.2. The lowest BCUT2D eigenvalue weighted by atomic mass is 9.86. The fraction of sp³-hybridized carbons (Fsp3) is 0.812. The van der Waals surface area contributed by atoms with E-state index in [-0.39, 0.29) is 0 Å². The van der Waals surface area contributed by atoms with Gasteiger partial charge in [0.2, 0.25) is 0 Å². The third-order valence-corrected chi connectivity index (χ3v) is 6.65. The van der Waals surface area contributed by atoms with Crippen molar-refractivity contribution in [1.82, 2.24) is 0 Å². The maximum absolute atomic E-state index is 4.60. The molecule has 32 heavy (non-hydrogen) atoms. The van der Waals surface area contributed by atoms with Gasteiger partial charge in [-0.25, -0.2) is 0 Å². The van der Waals surface area contributed by atoms with E-state index in [1.165, 1.54) is 82.6 Å². The van der Waals surface area contributed by atoms with E-state index in [9.17, 15) is 0 Å². The van der Waals surface area contributed by atoms with E-state index >= 15 is 0 Å². The molecule has 0 amide bonds. The lowest BCUT2D eigenvalue weighted by Gasteiger charge is -2.19. The molecule has 0 rings (SSSR count). The van der Waals surface area contributed by atoms with Crippen molar-refractivity contribution in [1.29, 1.82) is 0 Å². The van der Waals surface area contributed by atoms with Gasteiger partial charge in [-0.2, -0.15) is 0 Å². The molecular formula is C32H62. The molecule has 0 fully saturated rings. The summed E-state index contributed by atoms with van der Waals surface area (Å²) < 4.78 is 0. The minimum Gasteiger partial charge on any atom is -0.120 e. The maximum atomic E-state index is 4.60. The third kappa shape index (κ3) is 27.1. The molecule has 0 aliphatic heterocycles. The Kier molecular flexibility index (Phi) is 29.3. The summed E-state index contributed by atoms with van der Waals surface area (Å²) in [6, 6.07) is 0. The molecule has 190 valence electrons. The summed E-state index contributed by atoms with van der Waals surface area (Å²) in [7, 11) is 0. The molecule has 0 aliphatic rings. The van der Waals surface area contributed by atoms with Crippen molar-refractivity contribution < 1.29 is 0 Å². The quantitative estimate of drug-likeness (QED) is 0.126. The second kappa shape index (κ2) is 26.3. The van der Waals surface area contributed by atoms with Crippen molar-refractivity contribution in [3.63, 3.8) is 0 Å². The highest BCUT2D eigenvalue weighted by molar-refractivity contribution is 4.99. The third-order valence-electron chi connectivity index (χ3n) is 6.65. The molecule has 0 aromatic carbocycles. The van der Waals surface area contributed by atoms with Crippen LogP contribution in [0.3, 0.4) is 0 Å². The van der Waals surface area contributed by atoms with Crippen LogP contribution < -0.4 is 0 Å². The molecule has 0 heterocycles. The Labute approximate surface area is 206 Å². The molecule has 0 saturated carbocycles. The van der Waals surface area contributed by atoms with Crippen LogP contribution in [0.4, 0.5) is 0 Å². The Balaban J connectivity index is -0.000000785. The lowest BCUT2D eigenvalue weighted by molar-refractivity contribution is 0.365. The smallest absolute Gasteiger partial charge is 0.00297 e. The van der Waals surface area contributed by atoms with Crippen LogP contribution in [0.1, 0.15) is 146 Å². The van der Waals surface area contributed by atoms with E-state index in [1.807, 2.05) is 0 Å². The minimum atomic E-state index is 0.712. The molecule has 3 atom stereocenters. The van der Waals surface area contributed by atoms with Gasteiger partial charge < -0.3 is 0 Å². The average molecular weight is 447 g/mol. The molecule has 0 aromatic heterocycles. The normalized spacial score (nSPS) is 13.8. The summed E-state index contributed by atoms with van der Waals surface area (Å²) in [5.74, 6) is 5.62. The first-order valence-electron chi connectivity index (χ1n) is 13.8. The topological polar surface area (TPSA) is 0 Å². The number of unbranched alkanes of at least 4 members (excludes halogenated alkanes) is 1. The van der Waals surface area contributed by atoms with E-state index < -0.39 is 0 Å². The zero-order valence-electron chi connectivity index (χ0n) is 24.2. The summed E-state index contributed by atoms with van der Waals surface area (Å²) in [6.07, 6.45) is 22.8. The number of hydrogen-bond acceptors (Lipinski definition) is 0. The molecule has 0 spiro atoms. The number of hydrogen-bond donors (Lipinski definition) is 0. The van der Waals surface area contributed by atoms with E-state index in [2.05, 4.69) is 87.3 Å². The van der Waals surface area contributed by atoms with Gasteiger partial charge in [-0.05, 0) is 82.5 Å². The van der Waals surface area contributed by atoms with Gasteiger partial charge in [0.05, 0.1) is 0 Å². The Bertz CT molecular complexity index is 457. The highest BCUT2D eigenvalue weighted by Crippen LogP contribution is 2.26. The van der Waals surface area contributed by atoms with Crippen molar-refractivity contribution in [3.05, 3.63) is 23.8 Å². The highest BCUT2D eigenvalue weighted by Gasteiger charge is 2.11. The molecular weight excluding hydrogens is 384 g/mol. The molecule has 0 heteroatoms. The molecule has 0 saturated heterocycles. The molecule has 0 aromatic rings. The SMILES string of the molecule is C#CC.C=C(CCC(C)CC(C)CCCCC(C)=CCC)C(C)CCC.CCC(C)CC. The van der Waals surface area contributed by atoms with Gasteiger partial charge in [0, 0.05) is 0 Å². The van der Waals surface area contributed by atoms with Crippen molar-refractivity contribution in [3.8, 4) is 12.3 Å². The fourth-order valence-corrected chi connectivity index (χ4v) is 3.87. The largest absolute Gasteiger partial charge is 0.120 e. The predicted molar refractivity (Wildman–Crippen MR) is 152 cm³/mol. The van der Waals surface area contributed by atoms with Crippen molar-refractivity contribution in [2.75, 3.05) is 0 Å². The molecule has 3 unspecified atom stereocenters. The van der Waals surface area contributed by atoms with Crippen LogP contribution in [-0.4, -0.2) is 0 Å². The van der Waals surface area contributed by atoms with Gasteiger partial charge in [-0.15, -0.1) is 12.3 Å². The van der Waals surface area contributed by atoms with E-state index in [1.54, 1.807) is 12.5 Å². The monoisotopic (exact) mass is 446 g/mol. The molecule has 0 radical (unpaired) electrons. The minimum absolute atomic E-state index is 0.712. The number of terminal acetylenes is 1. The van der Waals surface area contributed by atoms with Crippen LogP contribution >= 0.6 is 0 Å². The first-order valence-corrected chi connectivity index (χ1v) is 13.8. The standard InChI is InChI=1S/C23H44.C6H14.C3H4/c1-8-12-19(3)14-10-11-15-20(4)18-21(5)16-17-23(7)22(6)13-9-2;1-4-6(3)5-2;1-3-2/h12,20-22H,7-11,13-18H2,1-6H3;6H,4-5H2,1-3H3;1H,2H3. The van der Waals surface area contributed by atoms with E-state index in [0.717, 1.165) is 17.8 Å². The van der Waals surface area contributed by atoms with Gasteiger partial charge in [0.25, 0.3) is 0 Å². The van der Waals surface area contributed by atoms with Gasteiger partial charge >= 0.3 is 0 Å². The van der Waals surface area contributed by atoms with Crippen LogP contribution in [0.15, 0.2) is 23.8 Å². The van der Waals surface area contributed by atoms with E-state index in [0.29, 0.717) is 5.92 Å². The first kappa shape index (κ1) is 35.6. The summed E-state index contributed by atoms with van der Waals surface area (Å²) >= 11 is 0. The van der Waals surface area contributed by atoms with Crippen LogP contribution in [0.5, 0.6) is 0 Å². The van der Waals surface area contributed by atoms with Gasteiger partial charge in [0.15, 0.2) is 0 Å². The summed E-state index contributed by atoms with van der Waals surface area (Å²) in [5, 5.41) is 0. The van der Waals surface area contributed by atoms with Crippen LogP contribution in [0, 0.1) is 36.0 Å². The molecule has 0 nitrogen and oxygen atoms in total. The van der Waals surface area contributed by atoms with E-state index in [4.69, 9.17) is 0 Å². The average Bonchev–Trinajstić information content (AvgIpc) is 2.75. The summed E-state index contributed by atoms with van der Waals surface area (Å²) in [5.41, 5.74) is 3.05. The van der Waals surface area contributed by atoms with Gasteiger partial charge in [-0.3, -0.25) is 0 Å². The second-order valence-corrected chi connectivity index (χ2v) is 10.2. The summed E-state index contributed by atoms with van der Waals surface area (Å²) in [4.78, 5) is 0. The predicted octanol–water partition coefficient (Wildman–Crippen LogP) is 11.4. The molecule has 0 bridgehead atoms. The number of rotatable bonds is 16. The van der Waals surface area contributed by atoms with Crippen LogP contribution in [-0.2, 0) is 0 Å². The number of allylic oxidation sites excluding steroid dienone is 3. The summed E-state index contributed by atoms with van der Waals surface area (Å²) in [6.45, 7) is 26.7. The highest BCUT2D eigenvalue weighted by atomic mass is 14.2. The van der Waals surface area contributed by atoms with Gasteiger partial charge in [-0.1, -0.05) is 111 Å². The van der Waals surface area contributed by atoms with Crippen LogP contribution in [0.2, 0.25) is 0 Å². The van der Waals surface area contributed by atoms with Crippen LogP contribution in [0.25, 0.3) is 0 Å². The Morgan fingerprint density at radius 3 is 1.81 bits per heavy atom. The van der Waals surface area contributed by atoms with Crippen molar-refractivity contribution in [2.45, 2.75) is 146 Å². The Morgan fingerprint density at radius 1 is 0.844 bits per heavy atom. The second-order valence-electron chi connectivity index (χ2n) is 10.2. The molecule has 0 N–H and O–H groups in total.